The largest absolute Gasteiger partial charge is 0.297 e. The SMILES string of the molecule is CN1C(=O)C(=O)CN=C1c1cccc(-c2csc3ccccc23)c1. The molecule has 4 nitrogen and oxygen atoms in total. The molecule has 1 aliphatic heterocycles. The third-order valence-electron chi connectivity index (χ3n) is 4.15. The van der Waals surface area contributed by atoms with Gasteiger partial charge in [0.1, 0.15) is 12.4 Å². The first kappa shape index (κ1) is 14.8. The van der Waals surface area contributed by atoms with Gasteiger partial charge in [-0.05, 0) is 23.1 Å². The lowest BCUT2D eigenvalue weighted by molar-refractivity contribution is -0.141. The van der Waals surface area contributed by atoms with Crippen molar-refractivity contribution in [3.05, 3.63) is 59.5 Å². The van der Waals surface area contributed by atoms with Crippen LogP contribution in [0.2, 0.25) is 0 Å². The fourth-order valence-electron chi connectivity index (χ4n) is 2.92. The van der Waals surface area contributed by atoms with Crippen LogP contribution in [-0.4, -0.2) is 36.0 Å². The second kappa shape index (κ2) is 5.69. The molecule has 0 radical (unpaired) electrons. The molecule has 0 N–H and O–H groups in total. The summed E-state index contributed by atoms with van der Waals surface area (Å²) in [6.45, 7) is -0.0793. The molecule has 118 valence electrons. The highest BCUT2D eigenvalue weighted by molar-refractivity contribution is 7.17. The first-order valence-corrected chi connectivity index (χ1v) is 8.45. The predicted octanol–water partition coefficient (Wildman–Crippen LogP) is 3.36. The lowest BCUT2D eigenvalue weighted by Crippen LogP contribution is -2.43. The van der Waals surface area contributed by atoms with Crippen molar-refractivity contribution in [2.45, 2.75) is 0 Å². The number of rotatable bonds is 2. The van der Waals surface area contributed by atoms with E-state index in [0.29, 0.717) is 5.84 Å². The van der Waals surface area contributed by atoms with Crippen LogP contribution in [0.4, 0.5) is 0 Å². The van der Waals surface area contributed by atoms with E-state index in [2.05, 4.69) is 22.5 Å². The van der Waals surface area contributed by atoms with E-state index in [-0.39, 0.29) is 6.54 Å². The van der Waals surface area contributed by atoms with Gasteiger partial charge in [0.15, 0.2) is 0 Å². The number of fused-ring (bicyclic) bond motifs is 1. The number of amidine groups is 1. The van der Waals surface area contributed by atoms with Gasteiger partial charge in [0.2, 0.25) is 5.78 Å². The van der Waals surface area contributed by atoms with E-state index in [1.165, 1.54) is 20.5 Å². The second-order valence-electron chi connectivity index (χ2n) is 5.65. The van der Waals surface area contributed by atoms with Gasteiger partial charge in [0.05, 0.1) is 0 Å². The molecule has 2 aromatic carbocycles. The molecular formula is C19H14N2O2S. The fourth-order valence-corrected chi connectivity index (χ4v) is 3.89. The first-order valence-electron chi connectivity index (χ1n) is 7.57. The Bertz CT molecular complexity index is 1000. The van der Waals surface area contributed by atoms with Gasteiger partial charge in [-0.1, -0.05) is 36.4 Å². The van der Waals surface area contributed by atoms with Gasteiger partial charge in [0.25, 0.3) is 5.91 Å². The maximum Gasteiger partial charge on any atom is 0.297 e. The summed E-state index contributed by atoms with van der Waals surface area (Å²) in [5.74, 6) is -0.436. The average molecular weight is 334 g/mol. The number of carbonyl (C=O) groups is 2. The van der Waals surface area contributed by atoms with Gasteiger partial charge in [-0.2, -0.15) is 0 Å². The van der Waals surface area contributed by atoms with Crippen LogP contribution in [0.3, 0.4) is 0 Å². The van der Waals surface area contributed by atoms with Crippen molar-refractivity contribution in [3.8, 4) is 11.1 Å². The number of nitrogens with zero attached hydrogens (tertiary/aromatic N) is 2. The molecule has 0 aliphatic carbocycles. The van der Waals surface area contributed by atoms with Gasteiger partial charge in [-0.25, -0.2) is 0 Å². The third kappa shape index (κ3) is 2.34. The molecular weight excluding hydrogens is 320 g/mol. The van der Waals surface area contributed by atoms with Crippen LogP contribution >= 0.6 is 11.3 Å². The number of Topliss-reactive ketones (excluding diaryl/α,β-unsaturated/α-hetero) is 1. The minimum Gasteiger partial charge on any atom is -0.293 e. The molecule has 1 amide bonds. The van der Waals surface area contributed by atoms with Gasteiger partial charge in [0, 0.05) is 28.3 Å². The summed E-state index contributed by atoms with van der Waals surface area (Å²) in [7, 11) is 1.59. The predicted molar refractivity (Wildman–Crippen MR) is 96.4 cm³/mol. The molecule has 24 heavy (non-hydrogen) atoms. The zero-order valence-electron chi connectivity index (χ0n) is 13.0. The van der Waals surface area contributed by atoms with E-state index in [9.17, 15) is 9.59 Å². The molecule has 0 saturated carbocycles. The fraction of sp³-hybridized carbons (Fsp3) is 0.105. The maximum absolute atomic E-state index is 11.9. The van der Waals surface area contributed by atoms with Crippen molar-refractivity contribution < 1.29 is 9.59 Å². The van der Waals surface area contributed by atoms with E-state index in [4.69, 9.17) is 0 Å². The molecule has 1 aromatic heterocycles. The molecule has 0 bridgehead atoms. The Hall–Kier alpha value is -2.79. The second-order valence-corrected chi connectivity index (χ2v) is 6.56. The van der Waals surface area contributed by atoms with E-state index in [1.54, 1.807) is 18.4 Å². The van der Waals surface area contributed by atoms with Gasteiger partial charge >= 0.3 is 0 Å². The lowest BCUT2D eigenvalue weighted by Gasteiger charge is -2.22. The third-order valence-corrected chi connectivity index (χ3v) is 5.11. The molecule has 1 aliphatic rings. The summed E-state index contributed by atoms with van der Waals surface area (Å²) in [5.41, 5.74) is 3.08. The molecule has 3 aromatic rings. The topological polar surface area (TPSA) is 49.7 Å². The van der Waals surface area contributed by atoms with Crippen molar-refractivity contribution >= 4 is 38.9 Å². The Labute approximate surface area is 143 Å². The van der Waals surface area contributed by atoms with Crippen molar-refractivity contribution in [1.82, 2.24) is 4.90 Å². The van der Waals surface area contributed by atoms with Crippen LogP contribution in [0.1, 0.15) is 5.56 Å². The number of aliphatic imine (C=N–C) groups is 1. The van der Waals surface area contributed by atoms with Gasteiger partial charge < -0.3 is 0 Å². The Kier molecular flexibility index (Phi) is 3.50. The van der Waals surface area contributed by atoms with Crippen molar-refractivity contribution in [2.24, 2.45) is 4.99 Å². The monoisotopic (exact) mass is 334 g/mol. The van der Waals surface area contributed by atoms with Crippen molar-refractivity contribution in [2.75, 3.05) is 13.6 Å². The summed E-state index contributed by atoms with van der Waals surface area (Å²) in [5, 5.41) is 3.36. The minimum atomic E-state index is -0.508. The van der Waals surface area contributed by atoms with E-state index in [1.807, 2.05) is 36.4 Å². The number of carbonyl (C=O) groups excluding carboxylic acids is 2. The number of amides is 1. The van der Waals surface area contributed by atoms with Crippen LogP contribution < -0.4 is 0 Å². The molecule has 2 heterocycles. The number of thiophene rings is 1. The van der Waals surface area contributed by atoms with Gasteiger partial charge in [-0.15, -0.1) is 11.3 Å². The standard InChI is InChI=1S/C19H14N2O2S/c1-21-18(20-10-16(22)19(21)23)13-6-4-5-12(9-13)15-11-24-17-8-3-2-7-14(15)17/h2-9,11H,10H2,1H3. The highest BCUT2D eigenvalue weighted by Gasteiger charge is 2.27. The average Bonchev–Trinajstić information content (AvgIpc) is 3.04. The number of likely N-dealkylation sites (N-methyl/N-ethyl adjacent to an activating group) is 1. The zero-order chi connectivity index (χ0) is 16.7. The highest BCUT2D eigenvalue weighted by atomic mass is 32.1. The summed E-state index contributed by atoms with van der Waals surface area (Å²) >= 11 is 1.71. The van der Waals surface area contributed by atoms with E-state index < -0.39 is 11.7 Å². The molecule has 0 saturated heterocycles. The number of ketones is 1. The van der Waals surface area contributed by atoms with Crippen molar-refractivity contribution in [3.63, 3.8) is 0 Å². The Morgan fingerprint density at radius 3 is 2.71 bits per heavy atom. The van der Waals surface area contributed by atoms with Crippen LogP contribution in [0.25, 0.3) is 21.2 Å². The van der Waals surface area contributed by atoms with Crippen LogP contribution in [0.5, 0.6) is 0 Å². The molecule has 0 unspecified atom stereocenters. The van der Waals surface area contributed by atoms with E-state index in [0.717, 1.165) is 11.1 Å². The van der Waals surface area contributed by atoms with Gasteiger partial charge in [-0.3, -0.25) is 19.5 Å². The normalized spacial score (nSPS) is 15.0. The number of benzene rings is 2. The van der Waals surface area contributed by atoms with Crippen LogP contribution in [-0.2, 0) is 9.59 Å². The molecule has 0 atom stereocenters. The lowest BCUT2D eigenvalue weighted by atomic mass is 10.0. The molecule has 4 rings (SSSR count). The summed E-state index contributed by atoms with van der Waals surface area (Å²) in [6.07, 6.45) is 0. The first-order chi connectivity index (χ1) is 11.6. The molecule has 0 fully saturated rings. The van der Waals surface area contributed by atoms with Crippen molar-refractivity contribution in [1.29, 1.82) is 0 Å². The quantitative estimate of drug-likeness (QED) is 0.675. The van der Waals surface area contributed by atoms with E-state index >= 15 is 0 Å². The minimum absolute atomic E-state index is 0.0793. The zero-order valence-corrected chi connectivity index (χ0v) is 13.8. The molecule has 5 heteroatoms. The smallest absolute Gasteiger partial charge is 0.293 e. The Morgan fingerprint density at radius 1 is 1.04 bits per heavy atom. The molecule has 0 spiro atoms. The highest BCUT2D eigenvalue weighted by Crippen LogP contribution is 2.34. The van der Waals surface area contributed by atoms with Crippen LogP contribution in [0, 0.1) is 0 Å². The van der Waals surface area contributed by atoms with Crippen LogP contribution in [0.15, 0.2) is 58.9 Å². The Balaban J connectivity index is 1.80. The summed E-state index contributed by atoms with van der Waals surface area (Å²) in [6, 6.07) is 16.2. The summed E-state index contributed by atoms with van der Waals surface area (Å²) in [4.78, 5) is 29.0. The summed E-state index contributed by atoms with van der Waals surface area (Å²) < 4.78 is 1.24. The number of hydrogen-bond donors (Lipinski definition) is 0. The Morgan fingerprint density at radius 2 is 1.83 bits per heavy atom. The maximum atomic E-state index is 11.9. The number of hydrogen-bond acceptors (Lipinski definition) is 4.